The number of carbonyl (C=O) groups is 1. The van der Waals surface area contributed by atoms with Gasteiger partial charge in [-0.3, -0.25) is 4.79 Å². The Morgan fingerprint density at radius 2 is 2.00 bits per heavy atom. The fraction of sp³-hybridized carbons (Fsp3) is 0.333. The van der Waals surface area contributed by atoms with Crippen molar-refractivity contribution in [2.75, 3.05) is 5.32 Å². The lowest BCUT2D eigenvalue weighted by Crippen LogP contribution is -2.36. The highest BCUT2D eigenvalue weighted by molar-refractivity contribution is 5.92. The highest BCUT2D eigenvalue weighted by Gasteiger charge is 2.17. The monoisotopic (exact) mass is 321 g/mol. The molecule has 24 heavy (non-hydrogen) atoms. The van der Waals surface area contributed by atoms with Crippen LogP contribution in [0, 0.1) is 11.3 Å². The van der Waals surface area contributed by atoms with E-state index in [0.717, 1.165) is 18.5 Å². The zero-order valence-corrected chi connectivity index (χ0v) is 13.3. The van der Waals surface area contributed by atoms with Crippen LogP contribution in [0.3, 0.4) is 0 Å². The van der Waals surface area contributed by atoms with Gasteiger partial charge in [0, 0.05) is 11.7 Å². The van der Waals surface area contributed by atoms with Crippen LogP contribution in [-0.2, 0) is 0 Å². The molecule has 1 saturated carbocycles. The maximum atomic E-state index is 12.2. The lowest BCUT2D eigenvalue weighted by atomic mass is 9.95. The van der Waals surface area contributed by atoms with Crippen LogP contribution in [0.4, 0.5) is 11.5 Å². The molecule has 0 atom stereocenters. The zero-order chi connectivity index (χ0) is 16.8. The Morgan fingerprint density at radius 1 is 1.17 bits per heavy atom. The third-order valence-electron chi connectivity index (χ3n) is 4.09. The van der Waals surface area contributed by atoms with Crippen LogP contribution >= 0.6 is 0 Å². The molecule has 3 rings (SSSR count). The molecule has 1 fully saturated rings. The van der Waals surface area contributed by atoms with Crippen LogP contribution in [0.5, 0.6) is 0 Å². The molecule has 0 saturated heterocycles. The molecule has 6 heteroatoms. The third kappa shape index (κ3) is 4.07. The minimum Gasteiger partial charge on any atom is -0.348 e. The van der Waals surface area contributed by atoms with Gasteiger partial charge in [0.15, 0.2) is 0 Å². The number of nitriles is 1. The standard InChI is InChI=1S/C18H19N5O/c19-10-13-5-4-8-15(9-13)22-17-12-20-16(11-21-17)18(24)23-14-6-2-1-3-7-14/h4-5,8-9,11-12,14H,1-3,6-7H2,(H,21,22)(H,23,24). The van der Waals surface area contributed by atoms with E-state index in [0.29, 0.717) is 17.1 Å². The van der Waals surface area contributed by atoms with Gasteiger partial charge in [-0.25, -0.2) is 9.97 Å². The van der Waals surface area contributed by atoms with Gasteiger partial charge >= 0.3 is 0 Å². The maximum absolute atomic E-state index is 12.2. The molecule has 6 nitrogen and oxygen atoms in total. The van der Waals surface area contributed by atoms with Crippen LogP contribution in [0.1, 0.15) is 48.2 Å². The smallest absolute Gasteiger partial charge is 0.271 e. The van der Waals surface area contributed by atoms with Crippen LogP contribution in [0.25, 0.3) is 0 Å². The van der Waals surface area contributed by atoms with Gasteiger partial charge in [-0.2, -0.15) is 5.26 Å². The second-order valence-electron chi connectivity index (χ2n) is 5.91. The molecule has 122 valence electrons. The molecule has 0 bridgehead atoms. The molecule has 0 unspecified atom stereocenters. The number of hydrogen-bond acceptors (Lipinski definition) is 5. The van der Waals surface area contributed by atoms with Crippen molar-refractivity contribution in [3.63, 3.8) is 0 Å². The van der Waals surface area contributed by atoms with Gasteiger partial charge < -0.3 is 10.6 Å². The van der Waals surface area contributed by atoms with E-state index < -0.39 is 0 Å². The summed E-state index contributed by atoms with van der Waals surface area (Å²) in [6.07, 6.45) is 8.65. The number of rotatable bonds is 4. The zero-order valence-electron chi connectivity index (χ0n) is 13.3. The summed E-state index contributed by atoms with van der Waals surface area (Å²) >= 11 is 0. The molecular formula is C18H19N5O. The highest BCUT2D eigenvalue weighted by atomic mass is 16.1. The number of anilines is 2. The largest absolute Gasteiger partial charge is 0.348 e. The predicted octanol–water partition coefficient (Wildman–Crippen LogP) is 3.15. The molecular weight excluding hydrogens is 302 g/mol. The molecule has 1 aliphatic carbocycles. The Kier molecular flexibility index (Phi) is 5.02. The Labute approximate surface area is 140 Å². The van der Waals surface area contributed by atoms with Crippen molar-refractivity contribution in [2.45, 2.75) is 38.1 Å². The van der Waals surface area contributed by atoms with E-state index in [2.05, 4.69) is 26.7 Å². The number of carbonyl (C=O) groups excluding carboxylic acids is 1. The second kappa shape index (κ2) is 7.55. The lowest BCUT2D eigenvalue weighted by molar-refractivity contribution is 0.0922. The number of hydrogen-bond donors (Lipinski definition) is 2. The van der Waals surface area contributed by atoms with Crippen molar-refractivity contribution < 1.29 is 4.79 Å². The minimum atomic E-state index is -0.174. The number of benzene rings is 1. The van der Waals surface area contributed by atoms with Crippen LogP contribution in [0.15, 0.2) is 36.7 Å². The summed E-state index contributed by atoms with van der Waals surface area (Å²) in [6.45, 7) is 0. The normalized spacial score (nSPS) is 14.6. The quantitative estimate of drug-likeness (QED) is 0.902. The van der Waals surface area contributed by atoms with Crippen LogP contribution < -0.4 is 10.6 Å². The average molecular weight is 321 g/mol. The molecule has 0 radical (unpaired) electrons. The first-order valence-corrected chi connectivity index (χ1v) is 8.15. The molecule has 1 amide bonds. The molecule has 0 spiro atoms. The molecule has 0 aliphatic heterocycles. The number of aromatic nitrogens is 2. The summed E-state index contributed by atoms with van der Waals surface area (Å²) in [5.41, 5.74) is 1.64. The van der Waals surface area contributed by atoms with Gasteiger partial charge in [0.2, 0.25) is 0 Å². The van der Waals surface area contributed by atoms with Gasteiger partial charge in [-0.15, -0.1) is 0 Å². The average Bonchev–Trinajstić information content (AvgIpc) is 2.63. The van der Waals surface area contributed by atoms with E-state index in [4.69, 9.17) is 5.26 Å². The Balaban J connectivity index is 1.62. The summed E-state index contributed by atoms with van der Waals surface area (Å²) in [6, 6.07) is 9.43. The predicted molar refractivity (Wildman–Crippen MR) is 90.8 cm³/mol. The first kappa shape index (κ1) is 15.9. The van der Waals surface area contributed by atoms with E-state index >= 15 is 0 Å². The molecule has 2 aromatic rings. The molecule has 2 N–H and O–H groups in total. The topological polar surface area (TPSA) is 90.7 Å². The lowest BCUT2D eigenvalue weighted by Gasteiger charge is -2.22. The van der Waals surface area contributed by atoms with Crippen molar-refractivity contribution in [1.82, 2.24) is 15.3 Å². The fourth-order valence-corrected chi connectivity index (χ4v) is 2.83. The SMILES string of the molecule is N#Cc1cccc(Nc2cnc(C(=O)NC3CCCCC3)cn2)c1. The number of nitrogens with zero attached hydrogens (tertiary/aromatic N) is 3. The summed E-state index contributed by atoms with van der Waals surface area (Å²) in [5.74, 6) is 0.353. The Morgan fingerprint density at radius 3 is 2.71 bits per heavy atom. The van der Waals surface area contributed by atoms with Gasteiger partial charge in [0.1, 0.15) is 11.5 Å². The summed E-state index contributed by atoms with van der Waals surface area (Å²) in [5, 5.41) is 15.0. The second-order valence-corrected chi connectivity index (χ2v) is 5.91. The molecule has 1 aliphatic rings. The molecule has 1 heterocycles. The Bertz CT molecular complexity index is 745. The summed E-state index contributed by atoms with van der Waals surface area (Å²) in [7, 11) is 0. The summed E-state index contributed by atoms with van der Waals surface area (Å²) in [4.78, 5) is 20.6. The summed E-state index contributed by atoms with van der Waals surface area (Å²) < 4.78 is 0. The Hall–Kier alpha value is -2.94. The first-order chi connectivity index (χ1) is 11.7. The van der Waals surface area contributed by atoms with Crippen molar-refractivity contribution in [1.29, 1.82) is 5.26 Å². The highest BCUT2D eigenvalue weighted by Crippen LogP contribution is 2.18. The fourth-order valence-electron chi connectivity index (χ4n) is 2.83. The van der Waals surface area contributed by atoms with Crippen molar-refractivity contribution >= 4 is 17.4 Å². The van der Waals surface area contributed by atoms with Crippen LogP contribution in [-0.4, -0.2) is 21.9 Å². The van der Waals surface area contributed by atoms with E-state index in [1.807, 2.05) is 6.07 Å². The van der Waals surface area contributed by atoms with E-state index in [1.54, 1.807) is 18.2 Å². The van der Waals surface area contributed by atoms with E-state index in [1.165, 1.54) is 31.7 Å². The van der Waals surface area contributed by atoms with Crippen LogP contribution in [0.2, 0.25) is 0 Å². The van der Waals surface area contributed by atoms with Crippen molar-refractivity contribution in [3.8, 4) is 6.07 Å². The first-order valence-electron chi connectivity index (χ1n) is 8.15. The van der Waals surface area contributed by atoms with E-state index in [9.17, 15) is 4.79 Å². The molecule has 1 aromatic carbocycles. The number of nitrogens with one attached hydrogen (secondary N) is 2. The van der Waals surface area contributed by atoms with Gasteiger partial charge in [-0.1, -0.05) is 25.3 Å². The molecule has 1 aromatic heterocycles. The van der Waals surface area contributed by atoms with Crippen molar-refractivity contribution in [3.05, 3.63) is 47.9 Å². The minimum absolute atomic E-state index is 0.174. The van der Waals surface area contributed by atoms with Gasteiger partial charge in [-0.05, 0) is 31.0 Å². The number of amides is 1. The van der Waals surface area contributed by atoms with Gasteiger partial charge in [0.05, 0.1) is 24.0 Å². The van der Waals surface area contributed by atoms with E-state index in [-0.39, 0.29) is 11.9 Å². The maximum Gasteiger partial charge on any atom is 0.271 e. The van der Waals surface area contributed by atoms with Gasteiger partial charge in [0.25, 0.3) is 5.91 Å². The van der Waals surface area contributed by atoms with Crippen molar-refractivity contribution in [2.24, 2.45) is 0 Å². The third-order valence-corrected chi connectivity index (χ3v) is 4.09.